The van der Waals surface area contributed by atoms with Gasteiger partial charge < -0.3 is 10.4 Å². The maximum Gasteiger partial charge on any atom is 0.337 e. The van der Waals surface area contributed by atoms with E-state index in [0.29, 0.717) is 11.4 Å². The van der Waals surface area contributed by atoms with Crippen LogP contribution in [0.4, 0.5) is 11.4 Å². The van der Waals surface area contributed by atoms with Crippen molar-refractivity contribution < 1.29 is 19.5 Å². The minimum atomic E-state index is -1.09. The van der Waals surface area contributed by atoms with Gasteiger partial charge in [0.25, 0.3) is 5.91 Å². The molecular weight excluding hydrogens is 320 g/mol. The number of aryl methyl sites for hydroxylation is 2. The summed E-state index contributed by atoms with van der Waals surface area (Å²) in [5.74, 6) is -1.78. The zero-order valence-corrected chi connectivity index (χ0v) is 13.9. The van der Waals surface area contributed by atoms with Gasteiger partial charge in [-0.25, -0.2) is 9.69 Å². The lowest BCUT2D eigenvalue weighted by molar-refractivity contribution is -0.121. The molecule has 0 aromatic heterocycles. The quantitative estimate of drug-likeness (QED) is 0.837. The fourth-order valence-electron chi connectivity index (χ4n) is 2.86. The van der Waals surface area contributed by atoms with Crippen LogP contribution in [0, 0.1) is 13.8 Å². The smallest absolute Gasteiger partial charge is 0.337 e. The third kappa shape index (κ3) is 3.10. The number of nitrogens with one attached hydrogen (secondary N) is 1. The van der Waals surface area contributed by atoms with Crippen molar-refractivity contribution in [1.29, 1.82) is 0 Å². The van der Waals surface area contributed by atoms with E-state index >= 15 is 0 Å². The van der Waals surface area contributed by atoms with Crippen molar-refractivity contribution in [3.63, 3.8) is 0 Å². The van der Waals surface area contributed by atoms with E-state index in [0.717, 1.165) is 16.0 Å². The van der Waals surface area contributed by atoms with E-state index in [4.69, 9.17) is 0 Å². The van der Waals surface area contributed by atoms with Crippen LogP contribution in [0.15, 0.2) is 42.5 Å². The number of carboxylic acids is 1. The van der Waals surface area contributed by atoms with Gasteiger partial charge in [-0.15, -0.1) is 0 Å². The number of carboxylic acid groups (broad SMARTS) is 1. The Morgan fingerprint density at radius 2 is 1.84 bits per heavy atom. The van der Waals surface area contributed by atoms with E-state index in [1.54, 1.807) is 30.3 Å². The molecule has 1 aliphatic heterocycles. The summed E-state index contributed by atoms with van der Waals surface area (Å²) in [5, 5.41) is 12.1. The molecule has 0 saturated carbocycles. The number of aromatic carboxylic acids is 1. The van der Waals surface area contributed by atoms with Crippen LogP contribution in [0.2, 0.25) is 0 Å². The Labute approximate surface area is 145 Å². The SMILES string of the molecule is Cc1ccc(N2C(=O)CC(Nc3ccccc3C(=O)O)C2=O)cc1C. The lowest BCUT2D eigenvalue weighted by Crippen LogP contribution is -2.35. The molecule has 2 aromatic rings. The van der Waals surface area contributed by atoms with E-state index in [1.165, 1.54) is 6.07 Å². The average Bonchev–Trinajstić information content (AvgIpc) is 2.84. The molecule has 0 aliphatic carbocycles. The lowest BCUT2D eigenvalue weighted by atomic mass is 10.1. The fourth-order valence-corrected chi connectivity index (χ4v) is 2.86. The Balaban J connectivity index is 1.87. The molecular formula is C19H18N2O4. The van der Waals surface area contributed by atoms with Crippen LogP contribution in [0.25, 0.3) is 0 Å². The molecule has 0 bridgehead atoms. The normalized spacial score (nSPS) is 17.0. The van der Waals surface area contributed by atoms with Crippen molar-refractivity contribution in [3.8, 4) is 0 Å². The van der Waals surface area contributed by atoms with Crippen LogP contribution >= 0.6 is 0 Å². The molecule has 1 aliphatic rings. The van der Waals surface area contributed by atoms with Crippen LogP contribution in [0.1, 0.15) is 27.9 Å². The van der Waals surface area contributed by atoms with Gasteiger partial charge >= 0.3 is 5.97 Å². The summed E-state index contributed by atoms with van der Waals surface area (Å²) in [6.45, 7) is 3.88. The van der Waals surface area contributed by atoms with Crippen molar-refractivity contribution in [2.24, 2.45) is 0 Å². The Bertz CT molecular complexity index is 875. The van der Waals surface area contributed by atoms with Crippen molar-refractivity contribution in [2.45, 2.75) is 26.3 Å². The molecule has 3 rings (SSSR count). The van der Waals surface area contributed by atoms with Gasteiger partial charge in [-0.1, -0.05) is 18.2 Å². The molecule has 0 radical (unpaired) electrons. The second-order valence-corrected chi connectivity index (χ2v) is 6.09. The molecule has 1 fully saturated rings. The molecule has 2 N–H and O–H groups in total. The third-order valence-corrected chi connectivity index (χ3v) is 4.38. The minimum Gasteiger partial charge on any atom is -0.478 e. The van der Waals surface area contributed by atoms with E-state index in [2.05, 4.69) is 5.32 Å². The van der Waals surface area contributed by atoms with Crippen molar-refractivity contribution >= 4 is 29.2 Å². The fraction of sp³-hybridized carbons (Fsp3) is 0.211. The third-order valence-electron chi connectivity index (χ3n) is 4.38. The summed E-state index contributed by atoms with van der Waals surface area (Å²) in [7, 11) is 0. The minimum absolute atomic E-state index is 0.0142. The van der Waals surface area contributed by atoms with Crippen molar-refractivity contribution in [2.75, 3.05) is 10.2 Å². The van der Waals surface area contributed by atoms with Gasteiger partial charge in [0.15, 0.2) is 0 Å². The Hall–Kier alpha value is -3.15. The van der Waals surface area contributed by atoms with E-state index in [-0.39, 0.29) is 23.8 Å². The van der Waals surface area contributed by atoms with Crippen LogP contribution in [-0.2, 0) is 9.59 Å². The number of carbonyl (C=O) groups excluding carboxylic acids is 2. The topological polar surface area (TPSA) is 86.7 Å². The summed E-state index contributed by atoms with van der Waals surface area (Å²) < 4.78 is 0. The molecule has 0 spiro atoms. The highest BCUT2D eigenvalue weighted by atomic mass is 16.4. The number of imide groups is 1. The van der Waals surface area contributed by atoms with Crippen LogP contribution in [0.5, 0.6) is 0 Å². The zero-order chi connectivity index (χ0) is 18.1. The lowest BCUT2D eigenvalue weighted by Gasteiger charge is -2.17. The summed E-state index contributed by atoms with van der Waals surface area (Å²) in [6.07, 6.45) is -0.0142. The van der Waals surface area contributed by atoms with E-state index in [9.17, 15) is 19.5 Å². The highest BCUT2D eigenvalue weighted by Crippen LogP contribution is 2.27. The second-order valence-electron chi connectivity index (χ2n) is 6.09. The Kier molecular flexibility index (Phi) is 4.27. The van der Waals surface area contributed by atoms with Crippen LogP contribution in [0.3, 0.4) is 0 Å². The molecule has 2 amide bonds. The van der Waals surface area contributed by atoms with Crippen molar-refractivity contribution in [3.05, 3.63) is 59.2 Å². The van der Waals surface area contributed by atoms with Gasteiger partial charge in [0.2, 0.25) is 5.91 Å². The second kappa shape index (κ2) is 6.39. The largest absolute Gasteiger partial charge is 0.478 e. The Morgan fingerprint density at radius 1 is 1.12 bits per heavy atom. The molecule has 25 heavy (non-hydrogen) atoms. The van der Waals surface area contributed by atoms with Gasteiger partial charge in [-0.05, 0) is 49.2 Å². The van der Waals surface area contributed by atoms with Crippen LogP contribution < -0.4 is 10.2 Å². The van der Waals surface area contributed by atoms with E-state index in [1.807, 2.05) is 19.9 Å². The first-order valence-electron chi connectivity index (χ1n) is 7.91. The summed E-state index contributed by atoms with van der Waals surface area (Å²) in [4.78, 5) is 37.5. The predicted molar refractivity (Wildman–Crippen MR) is 93.8 cm³/mol. The molecule has 1 saturated heterocycles. The number of amides is 2. The molecule has 2 aromatic carbocycles. The highest BCUT2D eigenvalue weighted by molar-refractivity contribution is 6.23. The number of rotatable bonds is 4. The maximum atomic E-state index is 12.7. The maximum absolute atomic E-state index is 12.7. The average molecular weight is 338 g/mol. The van der Waals surface area contributed by atoms with Gasteiger partial charge in [-0.3, -0.25) is 9.59 Å². The standard InChI is InChI=1S/C19H18N2O4/c1-11-7-8-13(9-12(11)2)21-17(22)10-16(18(21)23)20-15-6-4-3-5-14(15)19(24)25/h3-9,16,20H,10H2,1-2H3,(H,24,25). The van der Waals surface area contributed by atoms with Gasteiger partial charge in [0, 0.05) is 5.69 Å². The number of benzene rings is 2. The first-order chi connectivity index (χ1) is 11.9. The first kappa shape index (κ1) is 16.7. The molecule has 6 nitrogen and oxygen atoms in total. The predicted octanol–water partition coefficient (Wildman–Crippen LogP) is 2.75. The number of para-hydroxylation sites is 1. The van der Waals surface area contributed by atoms with Gasteiger partial charge in [0.05, 0.1) is 17.7 Å². The highest BCUT2D eigenvalue weighted by Gasteiger charge is 2.40. The van der Waals surface area contributed by atoms with Crippen molar-refractivity contribution in [1.82, 2.24) is 0 Å². The molecule has 1 heterocycles. The molecule has 1 unspecified atom stereocenters. The summed E-state index contributed by atoms with van der Waals surface area (Å²) >= 11 is 0. The summed E-state index contributed by atoms with van der Waals surface area (Å²) in [5.41, 5.74) is 2.99. The summed E-state index contributed by atoms with van der Waals surface area (Å²) in [6, 6.07) is 11.0. The molecule has 1 atom stereocenters. The number of hydrogen-bond donors (Lipinski definition) is 2. The van der Waals surface area contributed by atoms with E-state index < -0.39 is 12.0 Å². The van der Waals surface area contributed by atoms with Gasteiger partial charge in [-0.2, -0.15) is 0 Å². The number of anilines is 2. The first-order valence-corrected chi connectivity index (χ1v) is 7.91. The zero-order valence-electron chi connectivity index (χ0n) is 13.9. The Morgan fingerprint density at radius 3 is 2.52 bits per heavy atom. The molecule has 6 heteroatoms. The monoisotopic (exact) mass is 338 g/mol. The molecule has 128 valence electrons. The number of carbonyl (C=O) groups is 3. The number of nitrogens with zero attached hydrogens (tertiary/aromatic N) is 1. The van der Waals surface area contributed by atoms with Crippen LogP contribution in [-0.4, -0.2) is 28.9 Å². The van der Waals surface area contributed by atoms with Gasteiger partial charge in [0.1, 0.15) is 6.04 Å². The number of hydrogen-bond acceptors (Lipinski definition) is 4.